The number of hydrogen-bond donors (Lipinski definition) is 1. The van der Waals surface area contributed by atoms with Crippen LogP contribution in [0.4, 0.5) is 14.4 Å². The summed E-state index contributed by atoms with van der Waals surface area (Å²) >= 11 is 0. The summed E-state index contributed by atoms with van der Waals surface area (Å²) in [4.78, 5) is 47.8. The summed E-state index contributed by atoms with van der Waals surface area (Å²) in [6.07, 6.45) is -2.80. The zero-order valence-corrected chi connectivity index (χ0v) is 20.6. The summed E-state index contributed by atoms with van der Waals surface area (Å²) in [5.74, 6) is -1.03. The first-order chi connectivity index (χ1) is 16.6. The molecule has 0 spiro atoms. The van der Waals surface area contributed by atoms with Crippen LogP contribution in [-0.4, -0.2) is 63.0 Å². The summed E-state index contributed by atoms with van der Waals surface area (Å²) < 4.78 is 34.6. The van der Waals surface area contributed by atoms with E-state index in [1.807, 2.05) is 6.92 Å². The van der Waals surface area contributed by atoms with Gasteiger partial charge in [0.2, 0.25) is 0 Å². The molecule has 0 aliphatic heterocycles. The molecule has 196 valence electrons. The largest absolute Gasteiger partial charge is 0.513 e. The molecule has 0 aliphatic carbocycles. The lowest BCUT2D eigenvalue weighted by atomic mass is 9.88. The number of carbonyl (C=O) groups is 4. The van der Waals surface area contributed by atoms with Gasteiger partial charge in [0.1, 0.15) is 11.6 Å². The molecule has 2 N–H and O–H groups in total. The number of benzene rings is 1. The third kappa shape index (κ3) is 10.1. The Kier molecular flexibility index (Phi) is 12.4. The van der Waals surface area contributed by atoms with E-state index in [-0.39, 0.29) is 50.3 Å². The van der Waals surface area contributed by atoms with Gasteiger partial charge in [-0.1, -0.05) is 13.0 Å². The lowest BCUT2D eigenvalue weighted by molar-refractivity contribution is -0.147. The molecule has 0 aromatic heterocycles. The molecule has 0 heterocycles. The highest BCUT2D eigenvalue weighted by atomic mass is 16.7. The van der Waals surface area contributed by atoms with Gasteiger partial charge in [-0.25, -0.2) is 14.4 Å². The van der Waals surface area contributed by atoms with Gasteiger partial charge in [-0.15, -0.1) is 0 Å². The minimum absolute atomic E-state index is 0.0559. The highest BCUT2D eigenvalue weighted by molar-refractivity contribution is 5.81. The zero-order chi connectivity index (χ0) is 26.4. The lowest BCUT2D eigenvalue weighted by Crippen LogP contribution is -2.51. The molecular weight excluding hydrogens is 466 g/mol. The second kappa shape index (κ2) is 14.7. The van der Waals surface area contributed by atoms with Gasteiger partial charge in [-0.05, 0) is 44.9 Å². The van der Waals surface area contributed by atoms with Crippen LogP contribution in [0.25, 0.3) is 0 Å². The molecule has 0 bridgehead atoms. The molecule has 1 aromatic carbocycles. The van der Waals surface area contributed by atoms with E-state index in [2.05, 4.69) is 0 Å². The summed E-state index contributed by atoms with van der Waals surface area (Å²) in [5.41, 5.74) is 5.14. The number of ether oxygens (including phenoxy) is 7. The maximum atomic E-state index is 12.5. The smallest absolute Gasteiger partial charge is 0.468 e. The summed E-state index contributed by atoms with van der Waals surface area (Å²) in [6.45, 7) is 6.68. The van der Waals surface area contributed by atoms with Crippen molar-refractivity contribution in [3.63, 3.8) is 0 Å². The number of rotatable bonds is 12. The van der Waals surface area contributed by atoms with Crippen LogP contribution in [-0.2, 0) is 34.9 Å². The fourth-order valence-electron chi connectivity index (χ4n) is 2.73. The second-order valence-electron chi connectivity index (χ2n) is 7.36. The van der Waals surface area contributed by atoms with Crippen molar-refractivity contribution < 1.29 is 52.3 Å². The Morgan fingerprint density at radius 2 is 1.51 bits per heavy atom. The molecule has 1 rings (SSSR count). The Morgan fingerprint density at radius 1 is 0.914 bits per heavy atom. The Hall–Kier alpha value is -3.54. The number of hydrogen-bond acceptors (Lipinski definition) is 12. The maximum absolute atomic E-state index is 12.5. The number of carbonyl (C=O) groups excluding carboxylic acids is 4. The van der Waals surface area contributed by atoms with Crippen LogP contribution in [0.3, 0.4) is 0 Å². The number of methoxy groups -OCH3 is 1. The van der Waals surface area contributed by atoms with E-state index in [0.717, 1.165) is 0 Å². The predicted molar refractivity (Wildman–Crippen MR) is 121 cm³/mol. The van der Waals surface area contributed by atoms with E-state index < -0.39 is 30.0 Å². The van der Waals surface area contributed by atoms with Gasteiger partial charge in [-0.2, -0.15) is 0 Å². The van der Waals surface area contributed by atoms with Gasteiger partial charge in [0, 0.05) is 12.8 Å². The molecule has 0 unspecified atom stereocenters. The van der Waals surface area contributed by atoms with Gasteiger partial charge in [-0.3, -0.25) is 4.79 Å². The first-order valence-electron chi connectivity index (χ1n) is 11.1. The van der Waals surface area contributed by atoms with Crippen LogP contribution in [0, 0.1) is 0 Å². The highest BCUT2D eigenvalue weighted by Crippen LogP contribution is 2.31. The standard InChI is InChI=1S/C23H33NO11/c1-6-15(4)33-22(28)32-12-11-23(24,19(25)29-5)14-16-9-10-17(34-20(26)30-7-2)18(13-16)35-21(27)31-8-3/h9-10,13,15H,6-8,11-12,14,24H2,1-5H3/t15-,23+/m0/s1. The Morgan fingerprint density at radius 3 is 2.06 bits per heavy atom. The maximum Gasteiger partial charge on any atom is 0.513 e. The average Bonchev–Trinajstić information content (AvgIpc) is 2.80. The van der Waals surface area contributed by atoms with Crippen molar-refractivity contribution in [2.24, 2.45) is 5.73 Å². The summed E-state index contributed by atoms with van der Waals surface area (Å²) in [5, 5.41) is 0. The fraction of sp³-hybridized carbons (Fsp3) is 0.565. The molecule has 0 fully saturated rings. The lowest BCUT2D eigenvalue weighted by Gasteiger charge is -2.26. The van der Waals surface area contributed by atoms with E-state index in [9.17, 15) is 19.2 Å². The van der Waals surface area contributed by atoms with Crippen LogP contribution < -0.4 is 15.2 Å². The molecule has 1 aromatic rings. The van der Waals surface area contributed by atoms with Gasteiger partial charge >= 0.3 is 24.4 Å². The average molecular weight is 500 g/mol. The Balaban J connectivity index is 3.08. The topological polar surface area (TPSA) is 159 Å². The van der Waals surface area contributed by atoms with E-state index in [4.69, 9.17) is 38.9 Å². The quantitative estimate of drug-likeness (QED) is 0.254. The SMILES string of the molecule is CCOC(=O)Oc1ccc(C[C@](N)(CCOC(=O)O[C@@H](C)CC)C(=O)OC)cc1OC(=O)OCC. The molecule has 0 saturated heterocycles. The Bertz CT molecular complexity index is 873. The monoisotopic (exact) mass is 499 g/mol. The van der Waals surface area contributed by atoms with Crippen molar-refractivity contribution in [2.45, 2.75) is 58.6 Å². The van der Waals surface area contributed by atoms with Crippen molar-refractivity contribution in [3.05, 3.63) is 23.8 Å². The summed E-state index contributed by atoms with van der Waals surface area (Å²) in [6, 6.07) is 4.21. The van der Waals surface area contributed by atoms with Crippen molar-refractivity contribution in [3.8, 4) is 11.5 Å². The first-order valence-corrected chi connectivity index (χ1v) is 11.1. The molecule has 0 radical (unpaired) electrons. The van der Waals surface area contributed by atoms with Crippen molar-refractivity contribution in [1.82, 2.24) is 0 Å². The highest BCUT2D eigenvalue weighted by Gasteiger charge is 2.36. The predicted octanol–water partition coefficient (Wildman–Crippen LogP) is 3.51. The minimum atomic E-state index is -1.60. The minimum Gasteiger partial charge on any atom is -0.468 e. The molecule has 35 heavy (non-hydrogen) atoms. The van der Waals surface area contributed by atoms with Crippen molar-refractivity contribution in [1.29, 1.82) is 0 Å². The van der Waals surface area contributed by atoms with Crippen molar-refractivity contribution in [2.75, 3.05) is 26.9 Å². The molecule has 0 aliphatic rings. The molecule has 0 saturated carbocycles. The van der Waals surface area contributed by atoms with Crippen LogP contribution in [0.2, 0.25) is 0 Å². The third-order valence-corrected chi connectivity index (χ3v) is 4.67. The van der Waals surface area contributed by atoms with Crippen LogP contribution >= 0.6 is 0 Å². The molecule has 12 heteroatoms. The molecule has 12 nitrogen and oxygen atoms in total. The van der Waals surface area contributed by atoms with E-state index in [1.165, 1.54) is 25.3 Å². The van der Waals surface area contributed by atoms with E-state index >= 15 is 0 Å². The van der Waals surface area contributed by atoms with Gasteiger partial charge in [0.25, 0.3) is 0 Å². The molecule has 0 amide bonds. The van der Waals surface area contributed by atoms with Gasteiger partial charge < -0.3 is 38.9 Å². The zero-order valence-electron chi connectivity index (χ0n) is 20.6. The van der Waals surface area contributed by atoms with Crippen molar-refractivity contribution >= 4 is 24.4 Å². The first kappa shape index (κ1) is 29.5. The summed E-state index contributed by atoms with van der Waals surface area (Å²) in [7, 11) is 1.17. The second-order valence-corrected chi connectivity index (χ2v) is 7.36. The van der Waals surface area contributed by atoms with E-state index in [1.54, 1.807) is 20.8 Å². The number of nitrogens with two attached hydrogens (primary N) is 1. The van der Waals surface area contributed by atoms with E-state index in [0.29, 0.717) is 12.0 Å². The molecular formula is C23H33NO11. The normalized spacial score (nSPS) is 13.0. The van der Waals surface area contributed by atoms with Crippen LogP contribution in [0.15, 0.2) is 18.2 Å². The van der Waals surface area contributed by atoms with Gasteiger partial charge in [0.15, 0.2) is 11.5 Å². The third-order valence-electron chi connectivity index (χ3n) is 4.67. The van der Waals surface area contributed by atoms with Gasteiger partial charge in [0.05, 0.1) is 26.9 Å². The molecule has 2 atom stereocenters. The number of esters is 1. The van der Waals surface area contributed by atoms with Crippen LogP contribution in [0.5, 0.6) is 11.5 Å². The fourth-order valence-corrected chi connectivity index (χ4v) is 2.73. The Labute approximate surface area is 203 Å². The van der Waals surface area contributed by atoms with Crippen LogP contribution in [0.1, 0.15) is 46.1 Å².